The number of carbonyl (C=O) groups is 1. The van der Waals surface area contributed by atoms with Crippen molar-refractivity contribution in [1.29, 1.82) is 0 Å². The van der Waals surface area contributed by atoms with Gasteiger partial charge in [0, 0.05) is 25.2 Å². The average Bonchev–Trinajstić information content (AvgIpc) is 2.73. The molecule has 2 aromatic heterocycles. The third-order valence-electron chi connectivity index (χ3n) is 2.51. The first-order chi connectivity index (χ1) is 8.68. The maximum absolute atomic E-state index is 10.7. The molecule has 0 aliphatic rings. The van der Waals surface area contributed by atoms with Crippen LogP contribution in [0.5, 0.6) is 0 Å². The number of nitrogens with zero attached hydrogens (tertiary/aromatic N) is 2. The molecule has 0 bridgehead atoms. The summed E-state index contributed by atoms with van der Waals surface area (Å²) < 4.78 is 0. The Morgan fingerprint density at radius 3 is 3.17 bits per heavy atom. The van der Waals surface area contributed by atoms with Gasteiger partial charge in [-0.15, -0.1) is 0 Å². The summed E-state index contributed by atoms with van der Waals surface area (Å²) in [4.78, 5) is 21.8. The molecular formula is C12H15N5O. The van der Waals surface area contributed by atoms with E-state index in [4.69, 9.17) is 5.73 Å². The van der Waals surface area contributed by atoms with Crippen molar-refractivity contribution in [3.8, 4) is 0 Å². The second-order valence-electron chi connectivity index (χ2n) is 3.90. The number of anilines is 1. The molecule has 94 valence electrons. The molecule has 2 aromatic rings. The molecule has 0 unspecified atom stereocenters. The Labute approximate surface area is 104 Å². The van der Waals surface area contributed by atoms with Crippen molar-refractivity contribution in [2.45, 2.75) is 13.3 Å². The molecule has 0 radical (unpaired) electrons. The highest BCUT2D eigenvalue weighted by Crippen LogP contribution is 2.21. The van der Waals surface area contributed by atoms with Crippen LogP contribution in [0.15, 0.2) is 18.6 Å². The van der Waals surface area contributed by atoms with E-state index in [-0.39, 0.29) is 5.91 Å². The molecule has 0 atom stereocenters. The summed E-state index contributed by atoms with van der Waals surface area (Å²) in [6, 6.07) is 0. The first-order valence-electron chi connectivity index (χ1n) is 5.67. The van der Waals surface area contributed by atoms with Crippen LogP contribution in [0.1, 0.15) is 18.9 Å². The van der Waals surface area contributed by atoms with Gasteiger partial charge in [0.05, 0.1) is 5.39 Å². The van der Waals surface area contributed by atoms with Gasteiger partial charge in [0.15, 0.2) is 0 Å². The van der Waals surface area contributed by atoms with E-state index in [0.29, 0.717) is 12.4 Å². The summed E-state index contributed by atoms with van der Waals surface area (Å²) in [5.74, 6) is 0.441. The minimum absolute atomic E-state index is 0.0202. The SMILES string of the molecule is CC(=O)NCCC=Cc1c[nH]c2ncnc(N)c12. The molecule has 0 aliphatic heterocycles. The lowest BCUT2D eigenvalue weighted by Gasteiger charge is -1.97. The van der Waals surface area contributed by atoms with Crippen LogP contribution in [0.2, 0.25) is 0 Å². The fraction of sp³-hybridized carbons (Fsp3) is 0.250. The first-order valence-corrected chi connectivity index (χ1v) is 5.67. The predicted molar refractivity (Wildman–Crippen MR) is 70.6 cm³/mol. The molecule has 0 aliphatic carbocycles. The van der Waals surface area contributed by atoms with Crippen LogP contribution in [-0.4, -0.2) is 27.4 Å². The number of carbonyl (C=O) groups excluding carboxylic acids is 1. The zero-order chi connectivity index (χ0) is 13.0. The Bertz CT molecular complexity index is 587. The Balaban J connectivity index is 2.08. The highest BCUT2D eigenvalue weighted by atomic mass is 16.1. The van der Waals surface area contributed by atoms with Crippen molar-refractivity contribution in [2.75, 3.05) is 12.3 Å². The van der Waals surface area contributed by atoms with E-state index < -0.39 is 0 Å². The minimum atomic E-state index is -0.0202. The van der Waals surface area contributed by atoms with Gasteiger partial charge in [-0.25, -0.2) is 9.97 Å². The third kappa shape index (κ3) is 2.65. The number of nitrogens with one attached hydrogen (secondary N) is 2. The van der Waals surface area contributed by atoms with Crippen LogP contribution in [-0.2, 0) is 4.79 Å². The molecule has 4 N–H and O–H groups in total. The van der Waals surface area contributed by atoms with Crippen molar-refractivity contribution in [1.82, 2.24) is 20.3 Å². The number of nitrogen functional groups attached to an aromatic ring is 1. The van der Waals surface area contributed by atoms with Crippen LogP contribution in [0.25, 0.3) is 17.1 Å². The number of fused-ring (bicyclic) bond motifs is 1. The van der Waals surface area contributed by atoms with Gasteiger partial charge in [0.1, 0.15) is 17.8 Å². The van der Waals surface area contributed by atoms with Crippen LogP contribution in [0.4, 0.5) is 5.82 Å². The molecule has 1 amide bonds. The first kappa shape index (κ1) is 12.1. The van der Waals surface area contributed by atoms with Gasteiger partial charge >= 0.3 is 0 Å². The molecule has 6 nitrogen and oxygen atoms in total. The standard InChI is InChI=1S/C12H15N5O/c1-8(18)14-5-3-2-4-9-6-15-12-10(9)11(13)16-7-17-12/h2,4,6-7H,3,5H2,1H3,(H,14,18)(H3,13,15,16,17). The molecule has 0 saturated heterocycles. The average molecular weight is 245 g/mol. The van der Waals surface area contributed by atoms with Gasteiger partial charge in [-0.3, -0.25) is 4.79 Å². The molecule has 0 saturated carbocycles. The Morgan fingerprint density at radius 2 is 2.39 bits per heavy atom. The van der Waals surface area contributed by atoms with E-state index >= 15 is 0 Å². The number of aromatic nitrogens is 3. The highest BCUT2D eigenvalue weighted by molar-refractivity contribution is 5.93. The monoisotopic (exact) mass is 245 g/mol. The van der Waals surface area contributed by atoms with E-state index in [9.17, 15) is 4.79 Å². The lowest BCUT2D eigenvalue weighted by Crippen LogP contribution is -2.20. The zero-order valence-corrected chi connectivity index (χ0v) is 10.1. The number of hydrogen-bond donors (Lipinski definition) is 3. The number of H-pyrrole nitrogens is 1. The largest absolute Gasteiger partial charge is 0.383 e. The van der Waals surface area contributed by atoms with Crippen LogP contribution < -0.4 is 11.1 Å². The van der Waals surface area contributed by atoms with Crippen molar-refractivity contribution < 1.29 is 4.79 Å². The summed E-state index contributed by atoms with van der Waals surface area (Å²) in [6.07, 6.45) is 7.95. The second-order valence-corrected chi connectivity index (χ2v) is 3.90. The maximum atomic E-state index is 10.7. The van der Waals surface area contributed by atoms with Gasteiger partial charge in [0.25, 0.3) is 0 Å². The molecule has 18 heavy (non-hydrogen) atoms. The summed E-state index contributed by atoms with van der Waals surface area (Å²) in [5.41, 5.74) is 7.49. The number of aromatic amines is 1. The molecular weight excluding hydrogens is 230 g/mol. The van der Waals surface area contributed by atoms with E-state index in [1.54, 1.807) is 0 Å². The van der Waals surface area contributed by atoms with Crippen LogP contribution in [0.3, 0.4) is 0 Å². The Hall–Kier alpha value is -2.37. The number of rotatable bonds is 4. The molecule has 2 rings (SSSR count). The Morgan fingerprint density at radius 1 is 1.56 bits per heavy atom. The molecule has 6 heteroatoms. The van der Waals surface area contributed by atoms with Crippen molar-refractivity contribution in [3.63, 3.8) is 0 Å². The third-order valence-corrected chi connectivity index (χ3v) is 2.51. The van der Waals surface area contributed by atoms with Crippen molar-refractivity contribution >= 4 is 28.8 Å². The topological polar surface area (TPSA) is 96.7 Å². The van der Waals surface area contributed by atoms with E-state index in [2.05, 4.69) is 20.3 Å². The molecule has 0 fully saturated rings. The zero-order valence-electron chi connectivity index (χ0n) is 10.1. The highest BCUT2D eigenvalue weighted by Gasteiger charge is 2.05. The lowest BCUT2D eigenvalue weighted by molar-refractivity contribution is -0.118. The van der Waals surface area contributed by atoms with Gasteiger partial charge < -0.3 is 16.0 Å². The predicted octanol–water partition coefficient (Wildman–Crippen LogP) is 1.08. The summed E-state index contributed by atoms with van der Waals surface area (Å²) in [6.45, 7) is 2.13. The molecule has 0 spiro atoms. The Kier molecular flexibility index (Phi) is 3.57. The molecule has 0 aromatic carbocycles. The fourth-order valence-electron chi connectivity index (χ4n) is 1.68. The van der Waals surface area contributed by atoms with Crippen molar-refractivity contribution in [3.05, 3.63) is 24.2 Å². The van der Waals surface area contributed by atoms with Gasteiger partial charge in [0.2, 0.25) is 5.91 Å². The van der Waals surface area contributed by atoms with Crippen molar-refractivity contribution in [2.24, 2.45) is 0 Å². The smallest absolute Gasteiger partial charge is 0.216 e. The number of hydrogen-bond acceptors (Lipinski definition) is 4. The maximum Gasteiger partial charge on any atom is 0.216 e. The van der Waals surface area contributed by atoms with Gasteiger partial charge in [-0.05, 0) is 6.42 Å². The fourth-order valence-corrected chi connectivity index (χ4v) is 1.68. The minimum Gasteiger partial charge on any atom is -0.383 e. The lowest BCUT2D eigenvalue weighted by atomic mass is 10.2. The van der Waals surface area contributed by atoms with Crippen LogP contribution in [0, 0.1) is 0 Å². The summed E-state index contributed by atoms with van der Waals surface area (Å²) >= 11 is 0. The van der Waals surface area contributed by atoms with Gasteiger partial charge in [-0.1, -0.05) is 12.2 Å². The quantitative estimate of drug-likeness (QED) is 0.702. The van der Waals surface area contributed by atoms with Crippen LogP contribution >= 0.6 is 0 Å². The van der Waals surface area contributed by atoms with E-state index in [1.165, 1.54) is 13.3 Å². The van der Waals surface area contributed by atoms with Gasteiger partial charge in [-0.2, -0.15) is 0 Å². The summed E-state index contributed by atoms with van der Waals surface area (Å²) in [5, 5.41) is 3.55. The van der Waals surface area contributed by atoms with E-state index in [1.807, 2.05) is 18.3 Å². The normalized spacial score (nSPS) is 11.2. The second kappa shape index (κ2) is 5.31. The van der Waals surface area contributed by atoms with E-state index in [0.717, 1.165) is 23.0 Å². The number of nitrogens with two attached hydrogens (primary N) is 1. The summed E-state index contributed by atoms with van der Waals surface area (Å²) in [7, 11) is 0. The molecule has 2 heterocycles. The number of amides is 1.